The van der Waals surface area contributed by atoms with E-state index in [4.69, 9.17) is 4.74 Å². The highest BCUT2D eigenvalue weighted by atomic mass is 16.5. The molecule has 0 saturated heterocycles. The molecule has 1 unspecified atom stereocenters. The number of hydrogen-bond acceptors (Lipinski definition) is 2. The van der Waals surface area contributed by atoms with Crippen LogP contribution in [-0.2, 0) is 4.79 Å². The minimum absolute atomic E-state index is 0.322. The van der Waals surface area contributed by atoms with Crippen LogP contribution in [0.4, 0.5) is 0 Å². The third-order valence-corrected chi connectivity index (χ3v) is 2.44. The van der Waals surface area contributed by atoms with Crippen LogP contribution in [0.5, 0.6) is 5.75 Å². The second-order valence-corrected chi connectivity index (χ2v) is 3.28. The van der Waals surface area contributed by atoms with Gasteiger partial charge in [0.2, 0.25) is 0 Å². The lowest BCUT2D eigenvalue weighted by atomic mass is 9.94. The van der Waals surface area contributed by atoms with Gasteiger partial charge in [0.1, 0.15) is 12.0 Å². The fraction of sp³-hybridized carbons (Fsp3) is 0.417. The Hall–Kier alpha value is -1.31. The summed E-state index contributed by atoms with van der Waals surface area (Å²) in [6.45, 7) is 2.09. The van der Waals surface area contributed by atoms with Crippen molar-refractivity contribution in [2.75, 3.05) is 7.11 Å². The van der Waals surface area contributed by atoms with Gasteiger partial charge in [-0.05, 0) is 30.0 Å². The van der Waals surface area contributed by atoms with Gasteiger partial charge in [0.25, 0.3) is 0 Å². The van der Waals surface area contributed by atoms with Crippen LogP contribution in [-0.4, -0.2) is 13.4 Å². The molecule has 1 aromatic rings. The highest BCUT2D eigenvalue weighted by molar-refractivity contribution is 5.52. The predicted molar refractivity (Wildman–Crippen MR) is 56.7 cm³/mol. The van der Waals surface area contributed by atoms with Crippen LogP contribution in [0.1, 0.15) is 31.2 Å². The molecule has 0 fully saturated rings. The summed E-state index contributed by atoms with van der Waals surface area (Å²) < 4.78 is 5.14. The van der Waals surface area contributed by atoms with Gasteiger partial charge >= 0.3 is 0 Å². The molecule has 0 aliphatic carbocycles. The molecule has 0 radical (unpaired) electrons. The Kier molecular flexibility index (Phi) is 4.17. The molecule has 0 saturated carbocycles. The molecule has 76 valence electrons. The fourth-order valence-corrected chi connectivity index (χ4v) is 1.55. The molecular weight excluding hydrogens is 176 g/mol. The monoisotopic (exact) mass is 192 g/mol. The molecule has 14 heavy (non-hydrogen) atoms. The van der Waals surface area contributed by atoms with Crippen LogP contribution < -0.4 is 4.74 Å². The molecule has 1 rings (SSSR count). The quantitative estimate of drug-likeness (QED) is 0.670. The van der Waals surface area contributed by atoms with E-state index in [2.05, 4.69) is 6.92 Å². The predicted octanol–water partition coefficient (Wildman–Crippen LogP) is 2.78. The maximum Gasteiger partial charge on any atom is 0.120 e. The lowest BCUT2D eigenvalue weighted by Crippen LogP contribution is -1.98. The molecule has 0 aromatic heterocycles. The second-order valence-electron chi connectivity index (χ2n) is 3.28. The van der Waals surface area contributed by atoms with E-state index in [0.29, 0.717) is 12.3 Å². The first kappa shape index (κ1) is 10.8. The van der Waals surface area contributed by atoms with Gasteiger partial charge in [-0.3, -0.25) is 0 Å². The van der Waals surface area contributed by atoms with Crippen LogP contribution in [0.25, 0.3) is 0 Å². The van der Waals surface area contributed by atoms with Crippen molar-refractivity contribution < 1.29 is 9.53 Å². The summed E-state index contributed by atoms with van der Waals surface area (Å²) in [5.41, 5.74) is 1.18. The molecule has 2 nitrogen and oxygen atoms in total. The molecule has 0 heterocycles. The van der Waals surface area contributed by atoms with E-state index >= 15 is 0 Å². The van der Waals surface area contributed by atoms with Crippen molar-refractivity contribution >= 4 is 6.29 Å². The molecular formula is C12H16O2. The highest BCUT2D eigenvalue weighted by Gasteiger charge is 2.08. The molecule has 0 aliphatic rings. The minimum Gasteiger partial charge on any atom is -0.497 e. The lowest BCUT2D eigenvalue weighted by molar-refractivity contribution is -0.108. The summed E-state index contributed by atoms with van der Waals surface area (Å²) >= 11 is 0. The van der Waals surface area contributed by atoms with Crippen molar-refractivity contribution in [2.24, 2.45) is 0 Å². The van der Waals surface area contributed by atoms with Gasteiger partial charge in [0.05, 0.1) is 7.11 Å². The molecule has 2 heteroatoms. The van der Waals surface area contributed by atoms with E-state index in [1.807, 2.05) is 24.3 Å². The normalized spacial score (nSPS) is 12.1. The average molecular weight is 192 g/mol. The molecule has 0 amide bonds. The van der Waals surface area contributed by atoms with E-state index in [1.165, 1.54) is 5.56 Å². The first-order valence-electron chi connectivity index (χ1n) is 4.89. The SMILES string of the molecule is CCC(CC=O)c1cccc(OC)c1. The summed E-state index contributed by atoms with van der Waals surface area (Å²) in [4.78, 5) is 10.5. The molecule has 0 bridgehead atoms. The van der Waals surface area contributed by atoms with Gasteiger partial charge in [-0.1, -0.05) is 19.1 Å². The van der Waals surface area contributed by atoms with Gasteiger partial charge in [0.15, 0.2) is 0 Å². The number of rotatable bonds is 5. The van der Waals surface area contributed by atoms with E-state index < -0.39 is 0 Å². The number of aldehydes is 1. The number of carbonyl (C=O) groups is 1. The van der Waals surface area contributed by atoms with E-state index in [9.17, 15) is 4.79 Å². The largest absolute Gasteiger partial charge is 0.497 e. The molecule has 0 aliphatic heterocycles. The summed E-state index contributed by atoms with van der Waals surface area (Å²) in [5, 5.41) is 0. The summed E-state index contributed by atoms with van der Waals surface area (Å²) in [6, 6.07) is 7.91. The number of carbonyl (C=O) groups excluding carboxylic acids is 1. The van der Waals surface area contributed by atoms with Crippen molar-refractivity contribution in [3.63, 3.8) is 0 Å². The first-order chi connectivity index (χ1) is 6.81. The third kappa shape index (κ3) is 2.59. The molecule has 0 N–H and O–H groups in total. The standard InChI is InChI=1S/C12H16O2/c1-3-10(7-8-13)11-5-4-6-12(9-11)14-2/h4-6,8-10H,3,7H2,1-2H3. The Labute approximate surface area is 84.9 Å². The molecule has 1 atom stereocenters. The van der Waals surface area contributed by atoms with Gasteiger partial charge in [-0.15, -0.1) is 0 Å². The fourth-order valence-electron chi connectivity index (χ4n) is 1.55. The summed E-state index contributed by atoms with van der Waals surface area (Å²) in [5.74, 6) is 1.18. The number of benzene rings is 1. The van der Waals surface area contributed by atoms with Crippen LogP contribution >= 0.6 is 0 Å². The van der Waals surface area contributed by atoms with Gasteiger partial charge in [-0.2, -0.15) is 0 Å². The zero-order valence-corrected chi connectivity index (χ0v) is 8.69. The van der Waals surface area contributed by atoms with Crippen molar-refractivity contribution in [1.82, 2.24) is 0 Å². The minimum atomic E-state index is 0.322. The van der Waals surface area contributed by atoms with Crippen molar-refractivity contribution in [1.29, 1.82) is 0 Å². The smallest absolute Gasteiger partial charge is 0.120 e. The van der Waals surface area contributed by atoms with Gasteiger partial charge in [-0.25, -0.2) is 0 Å². The zero-order chi connectivity index (χ0) is 10.4. The van der Waals surface area contributed by atoms with E-state index in [1.54, 1.807) is 7.11 Å². The summed E-state index contributed by atoms with van der Waals surface area (Å²) in [7, 11) is 1.65. The van der Waals surface area contributed by atoms with Crippen LogP contribution in [0.3, 0.4) is 0 Å². The summed E-state index contributed by atoms with van der Waals surface area (Å²) in [6.07, 6.45) is 2.54. The van der Waals surface area contributed by atoms with Gasteiger partial charge in [0, 0.05) is 6.42 Å². The third-order valence-electron chi connectivity index (χ3n) is 2.44. The Balaban J connectivity index is 2.85. The van der Waals surface area contributed by atoms with Crippen molar-refractivity contribution in [3.8, 4) is 5.75 Å². The van der Waals surface area contributed by atoms with Gasteiger partial charge < -0.3 is 9.53 Å². The Morgan fingerprint density at radius 3 is 2.86 bits per heavy atom. The highest BCUT2D eigenvalue weighted by Crippen LogP contribution is 2.25. The Morgan fingerprint density at radius 2 is 2.29 bits per heavy atom. The van der Waals surface area contributed by atoms with Crippen LogP contribution in [0.2, 0.25) is 0 Å². The number of methoxy groups -OCH3 is 1. The molecule has 0 spiro atoms. The maximum atomic E-state index is 10.5. The number of hydrogen-bond donors (Lipinski definition) is 0. The Morgan fingerprint density at radius 1 is 1.50 bits per heavy atom. The first-order valence-corrected chi connectivity index (χ1v) is 4.89. The van der Waals surface area contributed by atoms with Crippen molar-refractivity contribution in [2.45, 2.75) is 25.7 Å². The molecule has 1 aromatic carbocycles. The van der Waals surface area contributed by atoms with Crippen LogP contribution in [0, 0.1) is 0 Å². The average Bonchev–Trinajstić information content (AvgIpc) is 2.26. The topological polar surface area (TPSA) is 26.3 Å². The van der Waals surface area contributed by atoms with E-state index in [-0.39, 0.29) is 0 Å². The second kappa shape index (κ2) is 5.43. The maximum absolute atomic E-state index is 10.5. The number of ether oxygens (including phenoxy) is 1. The van der Waals surface area contributed by atoms with E-state index in [0.717, 1.165) is 18.5 Å². The lowest BCUT2D eigenvalue weighted by Gasteiger charge is -2.12. The Bertz CT molecular complexity index is 294. The zero-order valence-electron chi connectivity index (χ0n) is 8.69. The van der Waals surface area contributed by atoms with Crippen LogP contribution in [0.15, 0.2) is 24.3 Å². The van der Waals surface area contributed by atoms with Crippen molar-refractivity contribution in [3.05, 3.63) is 29.8 Å².